The summed E-state index contributed by atoms with van der Waals surface area (Å²) in [7, 11) is -3.03. The maximum absolute atomic E-state index is 12.6. The zero-order valence-corrected chi connectivity index (χ0v) is 14.9. The van der Waals surface area contributed by atoms with E-state index in [0.717, 1.165) is 12.8 Å². The summed E-state index contributed by atoms with van der Waals surface area (Å²) in [5, 5.41) is 0. The molecule has 6 heteroatoms. The van der Waals surface area contributed by atoms with Gasteiger partial charge in [-0.3, -0.25) is 9.59 Å². The molecule has 1 fully saturated rings. The normalized spacial score (nSPS) is 19.1. The van der Waals surface area contributed by atoms with Crippen molar-refractivity contribution < 1.29 is 18.0 Å². The molecule has 24 heavy (non-hydrogen) atoms. The van der Waals surface area contributed by atoms with Crippen LogP contribution in [0.4, 0.5) is 0 Å². The van der Waals surface area contributed by atoms with Crippen LogP contribution in [0.1, 0.15) is 49.4 Å². The summed E-state index contributed by atoms with van der Waals surface area (Å²) in [5.74, 6) is 0.0271. The smallest absolute Gasteiger partial charge is 0.223 e. The molecule has 0 saturated carbocycles. The number of hydrogen-bond acceptors (Lipinski definition) is 4. The van der Waals surface area contributed by atoms with Crippen LogP contribution in [0, 0.1) is 0 Å². The molecule has 0 bridgehead atoms. The summed E-state index contributed by atoms with van der Waals surface area (Å²) in [6.45, 7) is 2.60. The van der Waals surface area contributed by atoms with E-state index >= 15 is 0 Å². The number of ketones is 1. The van der Waals surface area contributed by atoms with Gasteiger partial charge in [0.05, 0.1) is 11.5 Å². The van der Waals surface area contributed by atoms with Gasteiger partial charge in [-0.1, -0.05) is 43.7 Å². The summed E-state index contributed by atoms with van der Waals surface area (Å²) < 4.78 is 23.4. The standard InChI is InChI=1S/C18H25NO4S/c1-2-3-12-19(16-11-13-24(22,23)14-16)18(21)10-9-17(20)15-7-5-4-6-8-15/h4-8,16H,2-3,9-14H2,1H3. The lowest BCUT2D eigenvalue weighted by molar-refractivity contribution is -0.133. The van der Waals surface area contributed by atoms with Crippen LogP contribution in [0.5, 0.6) is 0 Å². The first-order valence-electron chi connectivity index (χ1n) is 8.51. The van der Waals surface area contributed by atoms with Gasteiger partial charge in [0.25, 0.3) is 0 Å². The average molecular weight is 351 g/mol. The van der Waals surface area contributed by atoms with Crippen LogP contribution in [0.2, 0.25) is 0 Å². The van der Waals surface area contributed by atoms with Gasteiger partial charge >= 0.3 is 0 Å². The molecule has 0 radical (unpaired) electrons. The van der Waals surface area contributed by atoms with E-state index in [1.54, 1.807) is 29.2 Å². The molecule has 0 spiro atoms. The monoisotopic (exact) mass is 351 g/mol. The maximum atomic E-state index is 12.6. The van der Waals surface area contributed by atoms with Crippen LogP contribution in [-0.2, 0) is 14.6 Å². The first kappa shape index (κ1) is 18.6. The number of unbranched alkanes of at least 4 members (excludes halogenated alkanes) is 1. The van der Waals surface area contributed by atoms with Gasteiger partial charge in [-0.15, -0.1) is 0 Å². The summed E-state index contributed by atoms with van der Waals surface area (Å²) in [4.78, 5) is 26.4. The fraction of sp³-hybridized carbons (Fsp3) is 0.556. The Morgan fingerprint density at radius 1 is 1.17 bits per heavy atom. The number of rotatable bonds is 8. The van der Waals surface area contributed by atoms with E-state index in [0.29, 0.717) is 18.5 Å². The third-order valence-electron chi connectivity index (χ3n) is 4.38. The zero-order valence-electron chi connectivity index (χ0n) is 14.1. The van der Waals surface area contributed by atoms with Crippen molar-refractivity contribution in [2.45, 2.75) is 45.1 Å². The van der Waals surface area contributed by atoms with Crippen LogP contribution >= 0.6 is 0 Å². The molecule has 1 saturated heterocycles. The predicted molar refractivity (Wildman–Crippen MR) is 93.7 cm³/mol. The average Bonchev–Trinajstić information content (AvgIpc) is 2.93. The number of amides is 1. The maximum Gasteiger partial charge on any atom is 0.223 e. The van der Waals surface area contributed by atoms with Crippen molar-refractivity contribution in [3.8, 4) is 0 Å². The molecule has 1 aromatic rings. The highest BCUT2D eigenvalue weighted by Gasteiger charge is 2.34. The zero-order chi connectivity index (χ0) is 17.6. The van der Waals surface area contributed by atoms with Crippen LogP contribution in [0.25, 0.3) is 0 Å². The van der Waals surface area contributed by atoms with Gasteiger partial charge in [-0.05, 0) is 12.8 Å². The highest BCUT2D eigenvalue weighted by molar-refractivity contribution is 7.91. The molecule has 1 unspecified atom stereocenters. The van der Waals surface area contributed by atoms with Gasteiger partial charge < -0.3 is 4.90 Å². The van der Waals surface area contributed by atoms with Crippen LogP contribution in [0.15, 0.2) is 30.3 Å². The van der Waals surface area contributed by atoms with Crippen molar-refractivity contribution in [2.24, 2.45) is 0 Å². The van der Waals surface area contributed by atoms with Gasteiger partial charge in [0.2, 0.25) is 5.91 Å². The summed E-state index contributed by atoms with van der Waals surface area (Å²) in [5.41, 5.74) is 0.605. The number of Topliss-reactive ketones (excluding diaryl/α,β-unsaturated/α-hetero) is 1. The van der Waals surface area contributed by atoms with E-state index in [1.807, 2.05) is 13.0 Å². The third kappa shape index (κ3) is 5.16. The number of nitrogens with zero attached hydrogens (tertiary/aromatic N) is 1. The molecule has 1 atom stereocenters. The second-order valence-corrected chi connectivity index (χ2v) is 8.52. The Morgan fingerprint density at radius 3 is 2.46 bits per heavy atom. The van der Waals surface area contributed by atoms with Gasteiger partial charge in [-0.25, -0.2) is 8.42 Å². The van der Waals surface area contributed by atoms with Gasteiger partial charge in [-0.2, -0.15) is 0 Å². The number of carbonyl (C=O) groups is 2. The molecule has 1 amide bonds. The Labute approximate surface area is 144 Å². The Kier molecular flexibility index (Phi) is 6.54. The molecule has 0 aromatic heterocycles. The second-order valence-electron chi connectivity index (χ2n) is 6.29. The second kappa shape index (κ2) is 8.42. The fourth-order valence-electron chi connectivity index (χ4n) is 2.99. The van der Waals surface area contributed by atoms with E-state index in [2.05, 4.69) is 0 Å². The molecule has 2 rings (SSSR count). The Hall–Kier alpha value is -1.69. The van der Waals surface area contributed by atoms with Crippen LogP contribution in [-0.4, -0.2) is 49.1 Å². The molecule has 0 N–H and O–H groups in total. The van der Waals surface area contributed by atoms with Crippen molar-refractivity contribution in [1.29, 1.82) is 0 Å². The Balaban J connectivity index is 1.96. The SMILES string of the molecule is CCCCN(C(=O)CCC(=O)c1ccccc1)C1CCS(=O)(=O)C1. The summed E-state index contributed by atoms with van der Waals surface area (Å²) >= 11 is 0. The van der Waals surface area contributed by atoms with E-state index in [9.17, 15) is 18.0 Å². The van der Waals surface area contributed by atoms with Crippen molar-refractivity contribution in [2.75, 3.05) is 18.1 Å². The highest BCUT2D eigenvalue weighted by atomic mass is 32.2. The van der Waals surface area contributed by atoms with Crippen molar-refractivity contribution >= 4 is 21.5 Å². The number of benzene rings is 1. The van der Waals surface area contributed by atoms with Gasteiger partial charge in [0, 0.05) is 31.0 Å². The first-order chi connectivity index (χ1) is 11.4. The van der Waals surface area contributed by atoms with E-state index in [-0.39, 0.29) is 42.1 Å². The summed E-state index contributed by atoms with van der Waals surface area (Å²) in [6.07, 6.45) is 2.57. The summed E-state index contributed by atoms with van der Waals surface area (Å²) in [6, 6.07) is 8.68. The quantitative estimate of drug-likeness (QED) is 0.675. The molecule has 1 heterocycles. The fourth-order valence-corrected chi connectivity index (χ4v) is 4.72. The molecule has 1 aliphatic heterocycles. The predicted octanol–water partition coefficient (Wildman–Crippen LogP) is 2.47. The number of hydrogen-bond donors (Lipinski definition) is 0. The minimum absolute atomic E-state index is 0.0507. The lowest BCUT2D eigenvalue weighted by Crippen LogP contribution is -2.41. The topological polar surface area (TPSA) is 71.5 Å². The molecule has 132 valence electrons. The van der Waals surface area contributed by atoms with Crippen molar-refractivity contribution in [1.82, 2.24) is 4.90 Å². The molecule has 1 aliphatic rings. The Bertz CT molecular complexity index is 670. The highest BCUT2D eigenvalue weighted by Crippen LogP contribution is 2.20. The van der Waals surface area contributed by atoms with Crippen LogP contribution < -0.4 is 0 Å². The molecular formula is C18H25NO4S. The van der Waals surface area contributed by atoms with Crippen LogP contribution in [0.3, 0.4) is 0 Å². The van der Waals surface area contributed by atoms with E-state index in [4.69, 9.17) is 0 Å². The number of carbonyl (C=O) groups excluding carboxylic acids is 2. The van der Waals surface area contributed by atoms with Gasteiger partial charge in [0.1, 0.15) is 0 Å². The van der Waals surface area contributed by atoms with E-state index < -0.39 is 9.84 Å². The van der Waals surface area contributed by atoms with Crippen molar-refractivity contribution in [3.63, 3.8) is 0 Å². The lowest BCUT2D eigenvalue weighted by Gasteiger charge is -2.28. The van der Waals surface area contributed by atoms with E-state index in [1.165, 1.54) is 0 Å². The lowest BCUT2D eigenvalue weighted by atomic mass is 10.1. The van der Waals surface area contributed by atoms with Crippen molar-refractivity contribution in [3.05, 3.63) is 35.9 Å². The largest absolute Gasteiger partial charge is 0.339 e. The third-order valence-corrected chi connectivity index (χ3v) is 6.13. The molecule has 0 aliphatic carbocycles. The molecular weight excluding hydrogens is 326 g/mol. The molecule has 5 nitrogen and oxygen atoms in total. The number of sulfone groups is 1. The Morgan fingerprint density at radius 2 is 1.88 bits per heavy atom. The van der Waals surface area contributed by atoms with Gasteiger partial charge in [0.15, 0.2) is 15.6 Å². The first-order valence-corrected chi connectivity index (χ1v) is 10.3. The molecule has 1 aromatic carbocycles. The minimum Gasteiger partial charge on any atom is -0.339 e. The minimum atomic E-state index is -3.03.